The minimum Gasteiger partial charge on any atom is -0.475 e. The molecule has 0 unspecified atom stereocenters. The Morgan fingerprint density at radius 2 is 1.93 bits per heavy atom. The van der Waals surface area contributed by atoms with Crippen molar-refractivity contribution < 1.29 is 51.6 Å². The molecule has 17 heteroatoms. The highest BCUT2D eigenvalue weighted by molar-refractivity contribution is 7.46. The van der Waals surface area contributed by atoms with Gasteiger partial charge in [-0.3, -0.25) is 9.42 Å². The number of alkyl halides is 3. The van der Waals surface area contributed by atoms with Gasteiger partial charge in [0.25, 0.3) is 0 Å². The number of halogens is 3. The van der Waals surface area contributed by atoms with Crippen molar-refractivity contribution in [2.24, 2.45) is 0 Å². The molecule has 0 radical (unpaired) electrons. The fourth-order valence-electron chi connectivity index (χ4n) is 2.42. The summed E-state index contributed by atoms with van der Waals surface area (Å²) in [6.07, 6.45) is -4.89. The summed E-state index contributed by atoms with van der Waals surface area (Å²) in [5.74, 6) is -2.63. The Hall–Kier alpha value is -2.10. The zero-order chi connectivity index (χ0) is 23.1. The Kier molecular flexibility index (Phi) is 9.33. The molecule has 2 heterocycles. The van der Waals surface area contributed by atoms with Gasteiger partial charge in [-0.25, -0.2) is 18.9 Å². The lowest BCUT2D eigenvalue weighted by Crippen LogP contribution is -2.42. The third-order valence-electron chi connectivity index (χ3n) is 3.70. The first-order valence-electron chi connectivity index (χ1n) is 8.21. The lowest BCUT2D eigenvalue weighted by molar-refractivity contribution is -0.392. The van der Waals surface area contributed by atoms with Crippen LogP contribution < -0.4 is 0 Å². The summed E-state index contributed by atoms with van der Waals surface area (Å²) < 4.78 is 54.2. The van der Waals surface area contributed by atoms with E-state index in [1.165, 1.54) is 4.57 Å². The maximum Gasteiger partial charge on any atom is 0.490 e. The molecular formula is C13H20F3N4O9P. The van der Waals surface area contributed by atoms with Crippen molar-refractivity contribution >= 4 is 19.6 Å². The average molecular weight is 464 g/mol. The van der Waals surface area contributed by atoms with Gasteiger partial charge < -0.3 is 29.7 Å². The normalized spacial score (nSPS) is 16.5. The van der Waals surface area contributed by atoms with Gasteiger partial charge in [0.05, 0.1) is 13.2 Å². The Morgan fingerprint density at radius 1 is 1.40 bits per heavy atom. The van der Waals surface area contributed by atoms with E-state index < -0.39 is 31.0 Å². The van der Waals surface area contributed by atoms with Crippen molar-refractivity contribution in [3.63, 3.8) is 0 Å². The van der Waals surface area contributed by atoms with Gasteiger partial charge in [0.2, 0.25) is 0 Å². The van der Waals surface area contributed by atoms with Crippen LogP contribution in [0.1, 0.15) is 5.82 Å². The Morgan fingerprint density at radius 3 is 2.37 bits per heavy atom. The van der Waals surface area contributed by atoms with Gasteiger partial charge >= 0.3 is 25.8 Å². The molecule has 1 aromatic heterocycles. The second kappa shape index (κ2) is 10.8. The van der Waals surface area contributed by atoms with Crippen LogP contribution in [-0.4, -0.2) is 85.4 Å². The summed E-state index contributed by atoms with van der Waals surface area (Å²) in [4.78, 5) is 43.3. The third kappa shape index (κ3) is 9.15. The van der Waals surface area contributed by atoms with Gasteiger partial charge in [-0.1, -0.05) is 0 Å². The molecule has 0 aliphatic carbocycles. The second-order valence-electron chi connectivity index (χ2n) is 5.97. The molecule has 2 rings (SSSR count). The molecular weight excluding hydrogens is 444 g/mol. The van der Waals surface area contributed by atoms with E-state index in [9.17, 15) is 27.9 Å². The van der Waals surface area contributed by atoms with E-state index in [0.29, 0.717) is 32.1 Å². The number of aliphatic carboxylic acids is 1. The molecule has 3 N–H and O–H groups in total. The minimum absolute atomic E-state index is 0.0788. The number of carboxylic acids is 1. The van der Waals surface area contributed by atoms with Gasteiger partial charge in [0.15, 0.2) is 5.82 Å². The third-order valence-corrected chi connectivity index (χ3v) is 4.27. The predicted molar refractivity (Wildman–Crippen MR) is 91.5 cm³/mol. The first-order chi connectivity index (χ1) is 13.7. The van der Waals surface area contributed by atoms with Gasteiger partial charge in [0, 0.05) is 26.6 Å². The average Bonchev–Trinajstić information content (AvgIpc) is 2.95. The number of rotatable bonds is 7. The summed E-state index contributed by atoms with van der Waals surface area (Å²) >= 11 is 0. The molecule has 0 spiro atoms. The summed E-state index contributed by atoms with van der Waals surface area (Å²) in [7, 11) is -4.72. The summed E-state index contributed by atoms with van der Waals surface area (Å²) in [6, 6.07) is 0. The van der Waals surface area contributed by atoms with Crippen molar-refractivity contribution in [2.45, 2.75) is 25.7 Å². The number of nitro groups is 1. The highest BCUT2D eigenvalue weighted by Crippen LogP contribution is 2.38. The number of nitrogens with zero attached hydrogens (tertiary/aromatic N) is 4. The van der Waals surface area contributed by atoms with Crippen LogP contribution in [0.4, 0.5) is 19.0 Å². The number of imidazole rings is 1. The van der Waals surface area contributed by atoms with E-state index in [0.717, 1.165) is 6.20 Å². The molecule has 1 atom stereocenters. The number of aromatic nitrogens is 2. The highest BCUT2D eigenvalue weighted by atomic mass is 31.2. The first-order valence-corrected chi connectivity index (χ1v) is 9.74. The zero-order valence-corrected chi connectivity index (χ0v) is 16.5. The summed E-state index contributed by atoms with van der Waals surface area (Å²) in [5, 5.41) is 18.1. The molecule has 1 aliphatic rings. The topological polar surface area (TPSA) is 177 Å². The SMILES string of the molecule is Cc1ncc([N+](=O)[O-])n1C[C@H](CN1CCOCC1)OP(=O)(O)O.O=C(O)C(F)(F)F. The fourth-order valence-corrected chi connectivity index (χ4v) is 2.94. The molecule has 0 bridgehead atoms. The number of ether oxygens (including phenoxy) is 1. The molecule has 13 nitrogen and oxygen atoms in total. The van der Waals surface area contributed by atoms with E-state index in [-0.39, 0.29) is 18.9 Å². The number of phosphoric acid groups is 1. The summed E-state index contributed by atoms with van der Waals surface area (Å²) in [5.41, 5.74) is 0. The highest BCUT2D eigenvalue weighted by Gasteiger charge is 2.38. The van der Waals surface area contributed by atoms with Gasteiger partial charge in [-0.05, 0) is 4.92 Å². The molecule has 172 valence electrons. The Labute approximate surface area is 167 Å². The van der Waals surface area contributed by atoms with Crippen molar-refractivity contribution in [2.75, 3.05) is 32.8 Å². The fraction of sp³-hybridized carbons (Fsp3) is 0.692. The molecule has 1 aromatic rings. The van der Waals surface area contributed by atoms with Gasteiger partial charge in [-0.15, -0.1) is 0 Å². The minimum atomic E-state index is -5.08. The number of hydrogen-bond acceptors (Lipinski definition) is 8. The van der Waals surface area contributed by atoms with Crippen molar-refractivity contribution in [3.8, 4) is 0 Å². The summed E-state index contributed by atoms with van der Waals surface area (Å²) in [6.45, 7) is 3.97. The van der Waals surface area contributed by atoms with Crippen molar-refractivity contribution in [3.05, 3.63) is 22.1 Å². The maximum atomic E-state index is 11.2. The lowest BCUT2D eigenvalue weighted by atomic mass is 10.3. The van der Waals surface area contributed by atoms with E-state index in [4.69, 9.17) is 28.9 Å². The standard InChI is InChI=1S/C11H19N4O7P.C2HF3O2/c1-9-12-6-11(15(16)17)14(9)8-10(22-23(18,19)20)7-13-2-4-21-5-3-13;3-2(4,5)1(6)7/h6,10H,2-5,7-8H2,1H3,(H2,18,19,20);(H,6,7)/t10-;/m0./s1. The quantitative estimate of drug-likeness (QED) is 0.291. The lowest BCUT2D eigenvalue weighted by Gasteiger charge is -2.29. The number of morpholine rings is 1. The van der Waals surface area contributed by atoms with Crippen LogP contribution in [0.3, 0.4) is 0 Å². The van der Waals surface area contributed by atoms with Gasteiger partial charge in [0.1, 0.15) is 18.8 Å². The van der Waals surface area contributed by atoms with E-state index >= 15 is 0 Å². The van der Waals surface area contributed by atoms with Crippen LogP contribution in [0.25, 0.3) is 0 Å². The molecule has 1 saturated heterocycles. The molecule has 1 aliphatic heterocycles. The van der Waals surface area contributed by atoms with Crippen LogP contribution in [0.2, 0.25) is 0 Å². The molecule has 0 saturated carbocycles. The largest absolute Gasteiger partial charge is 0.490 e. The number of carboxylic acid groups (broad SMARTS) is 1. The number of phosphoric ester groups is 1. The van der Waals surface area contributed by atoms with Crippen LogP contribution in [0.5, 0.6) is 0 Å². The monoisotopic (exact) mass is 464 g/mol. The Bertz CT molecular complexity index is 776. The van der Waals surface area contributed by atoms with Crippen molar-refractivity contribution in [1.82, 2.24) is 14.5 Å². The zero-order valence-electron chi connectivity index (χ0n) is 15.6. The molecule has 1 fully saturated rings. The van der Waals surface area contributed by atoms with Crippen LogP contribution in [0.15, 0.2) is 6.20 Å². The number of hydrogen-bond donors (Lipinski definition) is 3. The molecule has 0 amide bonds. The van der Waals surface area contributed by atoms with Crippen molar-refractivity contribution in [1.29, 1.82) is 0 Å². The molecule has 30 heavy (non-hydrogen) atoms. The maximum absolute atomic E-state index is 11.2. The van der Waals surface area contributed by atoms with E-state index in [1.54, 1.807) is 6.92 Å². The predicted octanol–water partition coefficient (Wildman–Crippen LogP) is 0.543. The second-order valence-corrected chi connectivity index (χ2v) is 7.16. The number of carbonyl (C=O) groups is 1. The molecule has 0 aromatic carbocycles. The van der Waals surface area contributed by atoms with Gasteiger partial charge in [-0.2, -0.15) is 13.2 Å². The smallest absolute Gasteiger partial charge is 0.475 e. The van der Waals surface area contributed by atoms with E-state index in [1.807, 2.05) is 4.90 Å². The van der Waals surface area contributed by atoms with Crippen LogP contribution >= 0.6 is 7.82 Å². The number of aryl methyl sites for hydroxylation is 1. The van der Waals surface area contributed by atoms with Crippen LogP contribution in [-0.2, 0) is 25.2 Å². The van der Waals surface area contributed by atoms with E-state index in [2.05, 4.69) is 4.98 Å². The first kappa shape index (κ1) is 25.9. The Balaban J connectivity index is 0.000000553. The van der Waals surface area contributed by atoms with Crippen LogP contribution in [0, 0.1) is 17.0 Å².